The zero-order valence-corrected chi connectivity index (χ0v) is 11.7. The molecule has 2 aromatic carbocycles. The Morgan fingerprint density at radius 3 is 2.52 bits per heavy atom. The zero-order chi connectivity index (χ0) is 15.0. The Balaban J connectivity index is 2.08. The molecule has 0 saturated carbocycles. The summed E-state index contributed by atoms with van der Waals surface area (Å²) in [6.45, 7) is 1.79. The number of ether oxygens (including phenoxy) is 1. The van der Waals surface area contributed by atoms with E-state index >= 15 is 0 Å². The van der Waals surface area contributed by atoms with E-state index in [1.807, 2.05) is 30.3 Å². The molecule has 0 aromatic heterocycles. The molecule has 1 unspecified atom stereocenters. The van der Waals surface area contributed by atoms with Crippen LogP contribution < -0.4 is 15.4 Å². The van der Waals surface area contributed by atoms with Gasteiger partial charge >= 0.3 is 0 Å². The molecule has 1 aliphatic rings. The number of rotatable bonds is 2. The highest BCUT2D eigenvalue weighted by Crippen LogP contribution is 2.39. The molecule has 2 N–H and O–H groups in total. The van der Waals surface area contributed by atoms with Crippen molar-refractivity contribution in [2.75, 3.05) is 17.7 Å². The van der Waals surface area contributed by atoms with Crippen molar-refractivity contribution < 1.29 is 13.9 Å². The van der Waals surface area contributed by atoms with Crippen molar-refractivity contribution in [2.24, 2.45) is 0 Å². The predicted octanol–water partition coefficient (Wildman–Crippen LogP) is 3.11. The van der Waals surface area contributed by atoms with Crippen LogP contribution in [0.25, 0.3) is 0 Å². The van der Waals surface area contributed by atoms with Crippen molar-refractivity contribution in [3.8, 4) is 5.75 Å². The van der Waals surface area contributed by atoms with Crippen LogP contribution in [-0.2, 0) is 10.3 Å². The van der Waals surface area contributed by atoms with Crippen molar-refractivity contribution >= 4 is 17.3 Å². The third kappa shape index (κ3) is 2.11. The summed E-state index contributed by atoms with van der Waals surface area (Å²) in [4.78, 5) is 12.4. The number of amides is 1. The van der Waals surface area contributed by atoms with Crippen LogP contribution in [0.2, 0.25) is 0 Å². The third-order valence-electron chi connectivity index (χ3n) is 3.73. The van der Waals surface area contributed by atoms with Gasteiger partial charge in [0.15, 0.2) is 11.6 Å². The van der Waals surface area contributed by atoms with Gasteiger partial charge in [-0.2, -0.15) is 0 Å². The molecule has 1 heterocycles. The van der Waals surface area contributed by atoms with Gasteiger partial charge in [-0.3, -0.25) is 4.79 Å². The second kappa shape index (κ2) is 4.77. The molecule has 108 valence electrons. The quantitative estimate of drug-likeness (QED) is 0.892. The maximum Gasteiger partial charge on any atom is 0.254 e. The van der Waals surface area contributed by atoms with Crippen LogP contribution in [-0.4, -0.2) is 13.0 Å². The molecular weight excluding hydrogens is 271 g/mol. The molecule has 4 nitrogen and oxygen atoms in total. The lowest BCUT2D eigenvalue weighted by molar-refractivity contribution is -0.120. The van der Waals surface area contributed by atoms with Gasteiger partial charge in [-0.05, 0) is 12.5 Å². The highest BCUT2D eigenvalue weighted by molar-refractivity contribution is 6.06. The minimum absolute atomic E-state index is 0.132. The summed E-state index contributed by atoms with van der Waals surface area (Å²) in [6, 6.07) is 12.2. The monoisotopic (exact) mass is 286 g/mol. The number of benzene rings is 2. The van der Waals surface area contributed by atoms with E-state index in [4.69, 9.17) is 4.74 Å². The molecule has 5 heteroatoms. The van der Waals surface area contributed by atoms with Crippen LogP contribution in [0.5, 0.6) is 5.75 Å². The van der Waals surface area contributed by atoms with Crippen LogP contribution in [0.1, 0.15) is 12.5 Å². The van der Waals surface area contributed by atoms with Crippen LogP contribution >= 0.6 is 0 Å². The normalized spacial score (nSPS) is 20.2. The maximum absolute atomic E-state index is 13.7. The summed E-state index contributed by atoms with van der Waals surface area (Å²) >= 11 is 0. The standard InChI is InChI=1S/C16H15FN2O2/c1-16(10-6-4-3-5-7-10)15(20)18-12-8-11(17)14(21-2)9-13(12)19-16/h3-9,19H,1-2H3,(H,18,20). The summed E-state index contributed by atoms with van der Waals surface area (Å²) in [5, 5.41) is 5.93. The minimum Gasteiger partial charge on any atom is -0.494 e. The van der Waals surface area contributed by atoms with E-state index in [-0.39, 0.29) is 11.7 Å². The highest BCUT2D eigenvalue weighted by Gasteiger charge is 2.39. The van der Waals surface area contributed by atoms with Crippen molar-refractivity contribution in [1.29, 1.82) is 0 Å². The Bertz CT molecular complexity index is 703. The van der Waals surface area contributed by atoms with Crippen molar-refractivity contribution in [3.05, 3.63) is 53.8 Å². The van der Waals surface area contributed by atoms with Gasteiger partial charge in [0.05, 0.1) is 18.5 Å². The Morgan fingerprint density at radius 2 is 1.86 bits per heavy atom. The van der Waals surface area contributed by atoms with Crippen molar-refractivity contribution in [2.45, 2.75) is 12.5 Å². The molecular formula is C16H15FN2O2. The summed E-state index contributed by atoms with van der Waals surface area (Å²) in [5.41, 5.74) is 0.944. The molecule has 0 radical (unpaired) electrons. The molecule has 2 aromatic rings. The summed E-state index contributed by atoms with van der Waals surface area (Å²) in [5.74, 6) is -0.611. The van der Waals surface area contributed by atoms with Gasteiger partial charge in [0.2, 0.25) is 0 Å². The van der Waals surface area contributed by atoms with Gasteiger partial charge in [-0.15, -0.1) is 0 Å². The lowest BCUT2D eigenvalue weighted by atomic mass is 9.88. The Hall–Kier alpha value is -2.56. The average molecular weight is 286 g/mol. The predicted molar refractivity (Wildman–Crippen MR) is 79.0 cm³/mol. The number of nitrogens with one attached hydrogen (secondary N) is 2. The molecule has 0 fully saturated rings. The van der Waals surface area contributed by atoms with Gasteiger partial charge in [0.25, 0.3) is 5.91 Å². The minimum atomic E-state index is -0.920. The average Bonchev–Trinajstić information content (AvgIpc) is 2.49. The van der Waals surface area contributed by atoms with Crippen LogP contribution in [0.3, 0.4) is 0 Å². The van der Waals surface area contributed by atoms with Crippen LogP contribution in [0.15, 0.2) is 42.5 Å². The van der Waals surface area contributed by atoms with Gasteiger partial charge in [-0.1, -0.05) is 30.3 Å². The zero-order valence-electron chi connectivity index (χ0n) is 11.7. The molecule has 1 aliphatic heterocycles. The molecule has 1 atom stereocenters. The second-order valence-electron chi connectivity index (χ2n) is 5.10. The van der Waals surface area contributed by atoms with Crippen molar-refractivity contribution in [3.63, 3.8) is 0 Å². The van der Waals surface area contributed by atoms with E-state index in [0.717, 1.165) is 5.56 Å². The van der Waals surface area contributed by atoms with E-state index in [1.165, 1.54) is 13.2 Å². The number of methoxy groups -OCH3 is 1. The molecule has 0 saturated heterocycles. The van der Waals surface area contributed by atoms with E-state index in [2.05, 4.69) is 10.6 Å². The second-order valence-corrected chi connectivity index (χ2v) is 5.10. The first-order chi connectivity index (χ1) is 10.0. The van der Waals surface area contributed by atoms with E-state index in [0.29, 0.717) is 11.4 Å². The lowest BCUT2D eigenvalue weighted by Gasteiger charge is -2.36. The fourth-order valence-electron chi connectivity index (χ4n) is 2.46. The fourth-order valence-corrected chi connectivity index (χ4v) is 2.46. The maximum atomic E-state index is 13.7. The van der Waals surface area contributed by atoms with E-state index in [1.54, 1.807) is 13.0 Å². The fraction of sp³-hybridized carbons (Fsp3) is 0.188. The van der Waals surface area contributed by atoms with Gasteiger partial charge in [0.1, 0.15) is 5.54 Å². The number of hydrogen-bond acceptors (Lipinski definition) is 3. The SMILES string of the molecule is COc1cc2c(cc1F)NC(=O)C(C)(c1ccccc1)N2. The van der Waals surface area contributed by atoms with E-state index < -0.39 is 11.4 Å². The molecule has 21 heavy (non-hydrogen) atoms. The van der Waals surface area contributed by atoms with Gasteiger partial charge in [-0.25, -0.2) is 4.39 Å². The third-order valence-corrected chi connectivity index (χ3v) is 3.73. The molecule has 0 spiro atoms. The summed E-state index contributed by atoms with van der Waals surface area (Å²) < 4.78 is 18.7. The molecule has 0 aliphatic carbocycles. The molecule has 1 amide bonds. The first-order valence-corrected chi connectivity index (χ1v) is 6.57. The van der Waals surface area contributed by atoms with Gasteiger partial charge in [0, 0.05) is 12.1 Å². The Kier molecular flexibility index (Phi) is 3.05. The molecule has 0 bridgehead atoms. The highest BCUT2D eigenvalue weighted by atomic mass is 19.1. The number of carbonyl (C=O) groups is 1. The topological polar surface area (TPSA) is 50.4 Å². The Morgan fingerprint density at radius 1 is 1.14 bits per heavy atom. The Labute approximate surface area is 121 Å². The van der Waals surface area contributed by atoms with Crippen LogP contribution in [0.4, 0.5) is 15.8 Å². The first kappa shape index (κ1) is 13.4. The summed E-state index contributed by atoms with van der Waals surface area (Å²) in [7, 11) is 1.41. The number of halogens is 1. The number of anilines is 2. The summed E-state index contributed by atoms with van der Waals surface area (Å²) in [6.07, 6.45) is 0. The van der Waals surface area contributed by atoms with Crippen LogP contribution in [0, 0.1) is 5.82 Å². The molecule has 3 rings (SSSR count). The number of carbonyl (C=O) groups excluding carboxylic acids is 1. The largest absolute Gasteiger partial charge is 0.494 e. The van der Waals surface area contributed by atoms with Crippen molar-refractivity contribution in [1.82, 2.24) is 0 Å². The number of fused-ring (bicyclic) bond motifs is 1. The first-order valence-electron chi connectivity index (χ1n) is 6.57. The lowest BCUT2D eigenvalue weighted by Crippen LogP contribution is -2.47. The smallest absolute Gasteiger partial charge is 0.254 e. The van der Waals surface area contributed by atoms with Gasteiger partial charge < -0.3 is 15.4 Å². The number of hydrogen-bond donors (Lipinski definition) is 2. The van der Waals surface area contributed by atoms with E-state index in [9.17, 15) is 9.18 Å².